The van der Waals surface area contributed by atoms with Gasteiger partial charge in [0.15, 0.2) is 0 Å². The van der Waals surface area contributed by atoms with Gasteiger partial charge in [0.1, 0.15) is 6.73 Å². The third-order valence-electron chi connectivity index (χ3n) is 1.46. The summed E-state index contributed by atoms with van der Waals surface area (Å²) in [5.41, 5.74) is -1.73. The molecule has 1 aromatic heterocycles. The van der Waals surface area contributed by atoms with Crippen LogP contribution in [-0.4, -0.2) is 22.0 Å². The Bertz CT molecular complexity index is 414. The van der Waals surface area contributed by atoms with Crippen LogP contribution in [0.2, 0.25) is 0 Å². The lowest BCUT2D eigenvalue weighted by molar-refractivity contribution is 0.0825. The van der Waals surface area contributed by atoms with Crippen molar-refractivity contribution in [2.75, 3.05) is 12.5 Å². The smallest absolute Gasteiger partial charge is 0.330 e. The van der Waals surface area contributed by atoms with Crippen molar-refractivity contribution in [3.63, 3.8) is 0 Å². The van der Waals surface area contributed by atoms with Crippen LogP contribution in [0.3, 0.4) is 0 Å². The van der Waals surface area contributed by atoms with Crippen LogP contribution < -0.4 is 11.2 Å². The summed E-state index contributed by atoms with van der Waals surface area (Å²) in [5, 5.41) is 0. The normalized spacial score (nSPS) is 10.4. The molecule has 0 aliphatic heterocycles. The summed E-state index contributed by atoms with van der Waals surface area (Å²) >= 11 is 5.31. The molecule has 0 spiro atoms. The summed E-state index contributed by atoms with van der Waals surface area (Å²) in [6.07, 6.45) is 0.711. The molecule has 14 heavy (non-hydrogen) atoms. The Kier molecular flexibility index (Phi) is 3.84. The minimum Gasteiger partial charge on any atom is -0.359 e. The van der Waals surface area contributed by atoms with Crippen LogP contribution in [0.1, 0.15) is 0 Å². The summed E-state index contributed by atoms with van der Waals surface area (Å²) < 4.78 is 18.1. The SMILES string of the molecule is O=c1[nH]cc(F)c(=O)n1COCCCl. The van der Waals surface area contributed by atoms with Gasteiger partial charge in [0.25, 0.3) is 5.56 Å². The number of aromatic amines is 1. The first-order valence-electron chi connectivity index (χ1n) is 3.78. The lowest BCUT2D eigenvalue weighted by atomic mass is 10.6. The molecule has 0 aromatic carbocycles. The van der Waals surface area contributed by atoms with Gasteiger partial charge in [-0.2, -0.15) is 4.39 Å². The van der Waals surface area contributed by atoms with E-state index in [1.165, 1.54) is 0 Å². The first-order chi connectivity index (χ1) is 6.66. The van der Waals surface area contributed by atoms with Gasteiger partial charge in [0.05, 0.1) is 6.61 Å². The van der Waals surface area contributed by atoms with E-state index in [1.54, 1.807) is 0 Å². The van der Waals surface area contributed by atoms with Crippen molar-refractivity contribution in [1.29, 1.82) is 0 Å². The average molecular weight is 223 g/mol. The van der Waals surface area contributed by atoms with Gasteiger partial charge in [0.2, 0.25) is 5.82 Å². The predicted molar refractivity (Wildman–Crippen MR) is 48.0 cm³/mol. The van der Waals surface area contributed by atoms with Crippen LogP contribution in [0, 0.1) is 5.82 Å². The Morgan fingerprint density at radius 2 is 2.29 bits per heavy atom. The maximum absolute atomic E-state index is 12.7. The van der Waals surface area contributed by atoms with Crippen LogP contribution in [-0.2, 0) is 11.5 Å². The number of aromatic nitrogens is 2. The fraction of sp³-hybridized carbons (Fsp3) is 0.429. The molecular weight excluding hydrogens is 215 g/mol. The molecule has 0 radical (unpaired) electrons. The molecule has 0 atom stereocenters. The fourth-order valence-corrected chi connectivity index (χ4v) is 0.923. The van der Waals surface area contributed by atoms with Gasteiger partial charge in [-0.05, 0) is 0 Å². The van der Waals surface area contributed by atoms with Crippen LogP contribution in [0.5, 0.6) is 0 Å². The summed E-state index contributed by atoms with van der Waals surface area (Å²) in [4.78, 5) is 24.1. The molecule has 78 valence electrons. The van der Waals surface area contributed by atoms with Crippen molar-refractivity contribution in [2.24, 2.45) is 0 Å². The van der Waals surface area contributed by atoms with Crippen molar-refractivity contribution in [3.8, 4) is 0 Å². The van der Waals surface area contributed by atoms with Crippen LogP contribution in [0.4, 0.5) is 4.39 Å². The second-order valence-electron chi connectivity index (χ2n) is 2.40. The summed E-state index contributed by atoms with van der Waals surface area (Å²) in [6.45, 7) is -0.122. The van der Waals surface area contributed by atoms with E-state index in [1.807, 2.05) is 0 Å². The standard InChI is InChI=1S/C7H8ClFN2O3/c8-1-2-14-4-11-6(12)5(9)3-10-7(11)13/h3H,1-2,4H2,(H,10,13). The monoisotopic (exact) mass is 222 g/mol. The molecule has 0 saturated heterocycles. The lowest BCUT2D eigenvalue weighted by Gasteiger charge is -2.03. The minimum atomic E-state index is -1.03. The molecule has 1 aromatic rings. The van der Waals surface area contributed by atoms with E-state index in [-0.39, 0.29) is 19.2 Å². The largest absolute Gasteiger partial charge is 0.359 e. The topological polar surface area (TPSA) is 64.1 Å². The number of halogens is 2. The zero-order valence-electron chi connectivity index (χ0n) is 7.13. The van der Waals surface area contributed by atoms with E-state index in [0.717, 1.165) is 0 Å². The molecule has 1 N–H and O–H groups in total. The third kappa shape index (κ3) is 2.43. The van der Waals surface area contributed by atoms with Gasteiger partial charge in [-0.3, -0.25) is 4.79 Å². The van der Waals surface area contributed by atoms with Gasteiger partial charge < -0.3 is 9.72 Å². The van der Waals surface area contributed by atoms with Gasteiger partial charge in [0, 0.05) is 12.1 Å². The highest BCUT2D eigenvalue weighted by Gasteiger charge is 2.05. The van der Waals surface area contributed by atoms with Crippen molar-refractivity contribution in [2.45, 2.75) is 6.73 Å². The number of H-pyrrole nitrogens is 1. The number of nitrogens with one attached hydrogen (secondary N) is 1. The molecule has 0 aliphatic carbocycles. The van der Waals surface area contributed by atoms with Gasteiger partial charge in [-0.25, -0.2) is 9.36 Å². The van der Waals surface area contributed by atoms with Gasteiger partial charge >= 0.3 is 5.69 Å². The van der Waals surface area contributed by atoms with Crippen molar-refractivity contribution >= 4 is 11.6 Å². The third-order valence-corrected chi connectivity index (χ3v) is 1.61. The van der Waals surface area contributed by atoms with E-state index >= 15 is 0 Å². The Hall–Kier alpha value is -1.14. The zero-order chi connectivity index (χ0) is 10.6. The molecule has 0 fully saturated rings. The van der Waals surface area contributed by atoms with Crippen molar-refractivity contribution < 1.29 is 9.13 Å². The number of ether oxygens (including phenoxy) is 1. The highest BCUT2D eigenvalue weighted by Crippen LogP contribution is 1.83. The second-order valence-corrected chi connectivity index (χ2v) is 2.78. The molecular formula is C7H8ClFN2O3. The van der Waals surface area contributed by atoms with E-state index in [4.69, 9.17) is 16.3 Å². The van der Waals surface area contributed by atoms with E-state index in [9.17, 15) is 14.0 Å². The summed E-state index contributed by atoms with van der Waals surface area (Å²) in [6, 6.07) is 0. The second kappa shape index (κ2) is 4.92. The Morgan fingerprint density at radius 1 is 1.57 bits per heavy atom. The maximum Gasteiger partial charge on any atom is 0.330 e. The number of nitrogens with zero attached hydrogens (tertiary/aromatic N) is 1. The van der Waals surface area contributed by atoms with Gasteiger partial charge in [-0.15, -0.1) is 11.6 Å². The Labute approximate surface area is 83.1 Å². The molecule has 0 amide bonds. The molecule has 5 nitrogen and oxygen atoms in total. The molecule has 0 aliphatic rings. The number of alkyl halides is 1. The average Bonchev–Trinajstić information content (AvgIpc) is 2.18. The van der Waals surface area contributed by atoms with Crippen molar-refractivity contribution in [1.82, 2.24) is 9.55 Å². The zero-order valence-corrected chi connectivity index (χ0v) is 7.88. The predicted octanol–water partition coefficient (Wildman–Crippen LogP) is -0.111. The molecule has 7 heteroatoms. The first-order valence-corrected chi connectivity index (χ1v) is 4.32. The van der Waals surface area contributed by atoms with Crippen LogP contribution in [0.15, 0.2) is 15.8 Å². The van der Waals surface area contributed by atoms with E-state index in [2.05, 4.69) is 4.98 Å². The molecule has 0 unspecified atom stereocenters. The molecule has 0 saturated carbocycles. The van der Waals surface area contributed by atoms with E-state index < -0.39 is 17.1 Å². The first kappa shape index (κ1) is 10.9. The van der Waals surface area contributed by atoms with Crippen molar-refractivity contribution in [3.05, 3.63) is 32.9 Å². The molecule has 1 heterocycles. The highest BCUT2D eigenvalue weighted by atomic mass is 35.5. The Balaban J connectivity index is 2.90. The van der Waals surface area contributed by atoms with Crippen LogP contribution >= 0.6 is 11.6 Å². The summed E-state index contributed by atoms with van der Waals surface area (Å²) in [7, 11) is 0. The maximum atomic E-state index is 12.7. The molecule has 0 bridgehead atoms. The lowest BCUT2D eigenvalue weighted by Crippen LogP contribution is -2.37. The minimum absolute atomic E-state index is 0.184. The summed E-state index contributed by atoms with van der Waals surface area (Å²) in [5.74, 6) is -0.791. The highest BCUT2D eigenvalue weighted by molar-refractivity contribution is 6.17. The number of rotatable bonds is 4. The van der Waals surface area contributed by atoms with Crippen LogP contribution in [0.25, 0.3) is 0 Å². The van der Waals surface area contributed by atoms with Gasteiger partial charge in [-0.1, -0.05) is 0 Å². The van der Waals surface area contributed by atoms with E-state index in [0.29, 0.717) is 10.8 Å². The fourth-order valence-electron chi connectivity index (χ4n) is 0.814. The number of hydrogen-bond donors (Lipinski definition) is 1. The quantitative estimate of drug-likeness (QED) is 0.571. The molecule has 1 rings (SSSR count). The Morgan fingerprint density at radius 3 is 2.93 bits per heavy atom. The number of hydrogen-bond acceptors (Lipinski definition) is 3.